The van der Waals surface area contributed by atoms with Crippen LogP contribution in [0.2, 0.25) is 0 Å². The number of hydrogen-bond donors (Lipinski definition) is 1. The van der Waals surface area contributed by atoms with Crippen LogP contribution in [0.25, 0.3) is 0 Å². The molecule has 98 valence electrons. The standard InChI is InChI=1S/C11H17N3O.2ClH/c1-9(12)11(15)14(2)8-5-10-3-6-13-7-4-10;;/h3-4,6-7,9H,5,8,12H2,1-2H3;2*1H/t9-;;/m0../s1. The number of amides is 1. The lowest BCUT2D eigenvalue weighted by molar-refractivity contribution is -0.130. The number of hydrogen-bond acceptors (Lipinski definition) is 3. The van der Waals surface area contributed by atoms with E-state index in [1.54, 1.807) is 31.3 Å². The number of nitrogens with zero attached hydrogens (tertiary/aromatic N) is 2. The second kappa shape index (κ2) is 9.22. The maximum absolute atomic E-state index is 11.5. The summed E-state index contributed by atoms with van der Waals surface area (Å²) in [5, 5.41) is 0. The van der Waals surface area contributed by atoms with E-state index in [0.29, 0.717) is 6.54 Å². The summed E-state index contributed by atoms with van der Waals surface area (Å²) in [5.74, 6) is -0.0240. The van der Waals surface area contributed by atoms with Crippen molar-refractivity contribution < 1.29 is 4.79 Å². The molecule has 1 aromatic heterocycles. The van der Waals surface area contributed by atoms with Crippen LogP contribution in [0.5, 0.6) is 0 Å². The zero-order valence-corrected chi connectivity index (χ0v) is 11.6. The Labute approximate surface area is 114 Å². The van der Waals surface area contributed by atoms with E-state index in [1.165, 1.54) is 5.56 Å². The summed E-state index contributed by atoms with van der Waals surface area (Å²) in [6, 6.07) is 3.47. The highest BCUT2D eigenvalue weighted by Gasteiger charge is 2.12. The lowest BCUT2D eigenvalue weighted by Crippen LogP contribution is -2.40. The SMILES string of the molecule is C[C@H](N)C(=O)N(C)CCc1ccncc1.Cl.Cl. The highest BCUT2D eigenvalue weighted by molar-refractivity contribution is 5.85. The average molecular weight is 280 g/mol. The number of carbonyl (C=O) groups excluding carboxylic acids is 1. The largest absolute Gasteiger partial charge is 0.344 e. The molecule has 0 aromatic carbocycles. The van der Waals surface area contributed by atoms with Gasteiger partial charge in [0.15, 0.2) is 0 Å². The molecule has 6 heteroatoms. The highest BCUT2D eigenvalue weighted by atomic mass is 35.5. The van der Waals surface area contributed by atoms with Crippen LogP contribution in [0.3, 0.4) is 0 Å². The fourth-order valence-electron chi connectivity index (χ4n) is 1.30. The van der Waals surface area contributed by atoms with Gasteiger partial charge in [0.2, 0.25) is 5.91 Å². The van der Waals surface area contributed by atoms with E-state index in [2.05, 4.69) is 4.98 Å². The van der Waals surface area contributed by atoms with Crippen molar-refractivity contribution in [2.24, 2.45) is 5.73 Å². The Morgan fingerprint density at radius 3 is 2.41 bits per heavy atom. The summed E-state index contributed by atoms with van der Waals surface area (Å²) in [6.45, 7) is 2.38. The predicted octanol–water partition coefficient (Wildman–Crippen LogP) is 1.27. The van der Waals surface area contributed by atoms with E-state index in [-0.39, 0.29) is 30.7 Å². The minimum atomic E-state index is -0.424. The predicted molar refractivity (Wildman–Crippen MR) is 73.7 cm³/mol. The van der Waals surface area contributed by atoms with Crippen molar-refractivity contribution in [2.75, 3.05) is 13.6 Å². The zero-order valence-electron chi connectivity index (χ0n) is 10.00. The summed E-state index contributed by atoms with van der Waals surface area (Å²) in [6.07, 6.45) is 4.34. The van der Waals surface area contributed by atoms with Crippen LogP contribution in [-0.4, -0.2) is 35.4 Å². The summed E-state index contributed by atoms with van der Waals surface area (Å²) < 4.78 is 0. The van der Waals surface area contributed by atoms with Crippen molar-refractivity contribution in [3.63, 3.8) is 0 Å². The molecule has 2 N–H and O–H groups in total. The van der Waals surface area contributed by atoms with Gasteiger partial charge < -0.3 is 10.6 Å². The molecule has 1 rings (SSSR count). The zero-order chi connectivity index (χ0) is 11.3. The number of pyridine rings is 1. The molecule has 1 aromatic rings. The lowest BCUT2D eigenvalue weighted by Gasteiger charge is -2.19. The van der Waals surface area contributed by atoms with Gasteiger partial charge in [0.1, 0.15) is 0 Å². The Morgan fingerprint density at radius 2 is 1.94 bits per heavy atom. The average Bonchev–Trinajstić information content (AvgIpc) is 2.26. The first-order valence-electron chi connectivity index (χ1n) is 5.00. The first kappa shape index (κ1) is 18.5. The second-order valence-electron chi connectivity index (χ2n) is 3.65. The Hall–Kier alpha value is -0.840. The Kier molecular flexibility index (Phi) is 10.0. The fourth-order valence-corrected chi connectivity index (χ4v) is 1.30. The van der Waals surface area contributed by atoms with Gasteiger partial charge in [0, 0.05) is 26.0 Å². The number of carbonyl (C=O) groups is 1. The number of halogens is 2. The molecule has 1 heterocycles. The van der Waals surface area contributed by atoms with E-state index in [0.717, 1.165) is 6.42 Å². The van der Waals surface area contributed by atoms with E-state index in [4.69, 9.17) is 5.73 Å². The summed E-state index contributed by atoms with van der Waals surface area (Å²) >= 11 is 0. The van der Waals surface area contributed by atoms with Gasteiger partial charge in [-0.2, -0.15) is 0 Å². The van der Waals surface area contributed by atoms with Crippen LogP contribution in [0.15, 0.2) is 24.5 Å². The normalized spacial score (nSPS) is 10.8. The van der Waals surface area contributed by atoms with Gasteiger partial charge in [-0.05, 0) is 31.0 Å². The van der Waals surface area contributed by atoms with Crippen molar-refractivity contribution in [1.29, 1.82) is 0 Å². The second-order valence-corrected chi connectivity index (χ2v) is 3.65. The van der Waals surface area contributed by atoms with Gasteiger partial charge in [0.05, 0.1) is 6.04 Å². The van der Waals surface area contributed by atoms with Crippen LogP contribution in [0.4, 0.5) is 0 Å². The van der Waals surface area contributed by atoms with E-state index in [9.17, 15) is 4.79 Å². The quantitative estimate of drug-likeness (QED) is 0.903. The third kappa shape index (κ3) is 6.46. The minimum absolute atomic E-state index is 0. The monoisotopic (exact) mass is 279 g/mol. The molecule has 0 saturated carbocycles. The maximum atomic E-state index is 11.5. The molecule has 0 aliphatic heterocycles. The van der Waals surface area contributed by atoms with Crippen LogP contribution in [0.1, 0.15) is 12.5 Å². The molecule has 0 radical (unpaired) electrons. The molecular weight excluding hydrogens is 261 g/mol. The number of likely N-dealkylation sites (N-methyl/N-ethyl adjacent to an activating group) is 1. The first-order valence-corrected chi connectivity index (χ1v) is 5.00. The molecule has 1 atom stereocenters. The van der Waals surface area contributed by atoms with Crippen molar-refractivity contribution in [3.05, 3.63) is 30.1 Å². The molecule has 0 bridgehead atoms. The van der Waals surface area contributed by atoms with Crippen molar-refractivity contribution in [3.8, 4) is 0 Å². The molecular formula is C11H19Cl2N3O. The van der Waals surface area contributed by atoms with Gasteiger partial charge >= 0.3 is 0 Å². The molecule has 0 fully saturated rings. The molecule has 0 spiro atoms. The number of aromatic nitrogens is 1. The molecule has 0 unspecified atom stereocenters. The van der Waals surface area contributed by atoms with Gasteiger partial charge in [0.25, 0.3) is 0 Å². The molecule has 0 aliphatic rings. The number of nitrogens with two attached hydrogens (primary N) is 1. The molecule has 17 heavy (non-hydrogen) atoms. The van der Waals surface area contributed by atoms with Crippen molar-refractivity contribution in [1.82, 2.24) is 9.88 Å². The Balaban J connectivity index is 0. The van der Waals surface area contributed by atoms with Crippen LogP contribution in [-0.2, 0) is 11.2 Å². The highest BCUT2D eigenvalue weighted by Crippen LogP contribution is 1.99. The first-order chi connectivity index (χ1) is 7.11. The van der Waals surface area contributed by atoms with Crippen molar-refractivity contribution in [2.45, 2.75) is 19.4 Å². The van der Waals surface area contributed by atoms with Crippen molar-refractivity contribution >= 4 is 30.7 Å². The van der Waals surface area contributed by atoms with Gasteiger partial charge in [-0.15, -0.1) is 24.8 Å². The summed E-state index contributed by atoms with van der Waals surface area (Å²) in [7, 11) is 1.77. The lowest BCUT2D eigenvalue weighted by atomic mass is 10.2. The smallest absolute Gasteiger partial charge is 0.238 e. The minimum Gasteiger partial charge on any atom is -0.344 e. The summed E-state index contributed by atoms with van der Waals surface area (Å²) in [4.78, 5) is 17.0. The van der Waals surface area contributed by atoms with Gasteiger partial charge in [-0.25, -0.2) is 0 Å². The van der Waals surface area contributed by atoms with Gasteiger partial charge in [-0.1, -0.05) is 0 Å². The number of rotatable bonds is 4. The van der Waals surface area contributed by atoms with Crippen LogP contribution >= 0.6 is 24.8 Å². The van der Waals surface area contributed by atoms with Gasteiger partial charge in [-0.3, -0.25) is 9.78 Å². The van der Waals surface area contributed by atoms with E-state index in [1.807, 2.05) is 12.1 Å². The molecule has 0 saturated heterocycles. The molecule has 0 aliphatic carbocycles. The van der Waals surface area contributed by atoms with E-state index < -0.39 is 6.04 Å². The molecule has 1 amide bonds. The van der Waals surface area contributed by atoms with Crippen LogP contribution < -0.4 is 5.73 Å². The topological polar surface area (TPSA) is 59.2 Å². The Morgan fingerprint density at radius 1 is 1.41 bits per heavy atom. The van der Waals surface area contributed by atoms with Crippen LogP contribution in [0, 0.1) is 0 Å². The van der Waals surface area contributed by atoms with E-state index >= 15 is 0 Å². The third-order valence-electron chi connectivity index (χ3n) is 2.25. The molecule has 4 nitrogen and oxygen atoms in total. The fraction of sp³-hybridized carbons (Fsp3) is 0.455. The Bertz CT molecular complexity index is 320. The third-order valence-corrected chi connectivity index (χ3v) is 2.25. The maximum Gasteiger partial charge on any atom is 0.238 e. The summed E-state index contributed by atoms with van der Waals surface area (Å²) in [5.41, 5.74) is 6.68.